The molecule has 0 radical (unpaired) electrons. The van der Waals surface area contributed by atoms with E-state index in [0.29, 0.717) is 13.2 Å². The van der Waals surface area contributed by atoms with Crippen LogP contribution in [0.15, 0.2) is 97.6 Å². The lowest BCUT2D eigenvalue weighted by Crippen LogP contribution is -2.27. The van der Waals surface area contributed by atoms with Crippen molar-refractivity contribution in [1.82, 2.24) is 14.9 Å². The van der Waals surface area contributed by atoms with Gasteiger partial charge in [0.15, 0.2) is 0 Å². The van der Waals surface area contributed by atoms with E-state index in [2.05, 4.69) is 22.5 Å². The first-order chi connectivity index (χ1) is 16.7. The van der Waals surface area contributed by atoms with Crippen LogP contribution in [0.2, 0.25) is 0 Å². The molecule has 1 atom stereocenters. The zero-order chi connectivity index (χ0) is 23.8. The summed E-state index contributed by atoms with van der Waals surface area (Å²) in [6, 6.07) is 25.5. The molecule has 0 aliphatic carbocycles. The molecule has 0 fully saturated rings. The van der Waals surface area contributed by atoms with Gasteiger partial charge in [-0.05, 0) is 48.7 Å². The van der Waals surface area contributed by atoms with Crippen molar-refractivity contribution >= 4 is 23.0 Å². The predicted molar refractivity (Wildman–Crippen MR) is 138 cm³/mol. The van der Waals surface area contributed by atoms with Crippen LogP contribution in [-0.4, -0.2) is 22.1 Å². The molecule has 34 heavy (non-hydrogen) atoms. The van der Waals surface area contributed by atoms with Gasteiger partial charge in [-0.25, -0.2) is 4.98 Å². The third kappa shape index (κ3) is 5.62. The quantitative estimate of drug-likeness (QED) is 0.247. The Morgan fingerprint density at radius 3 is 2.62 bits per heavy atom. The van der Waals surface area contributed by atoms with Crippen molar-refractivity contribution < 1.29 is 9.53 Å². The molecule has 5 nitrogen and oxygen atoms in total. The topological polar surface area (TPSA) is 56.1 Å². The summed E-state index contributed by atoms with van der Waals surface area (Å²) in [5.41, 5.74) is 4.00. The maximum Gasteiger partial charge on any atom is 0.244 e. The second-order valence-electron chi connectivity index (χ2n) is 8.03. The molecule has 4 aromatic rings. The second-order valence-corrected chi connectivity index (χ2v) is 8.03. The highest BCUT2D eigenvalue weighted by Crippen LogP contribution is 2.22. The van der Waals surface area contributed by atoms with Gasteiger partial charge >= 0.3 is 0 Å². The summed E-state index contributed by atoms with van der Waals surface area (Å²) < 4.78 is 8.24. The van der Waals surface area contributed by atoms with E-state index in [1.165, 1.54) is 0 Å². The molecule has 1 unspecified atom stereocenters. The molecule has 0 saturated heterocycles. The molecule has 0 bridgehead atoms. The Balaban J connectivity index is 1.49. The zero-order valence-electron chi connectivity index (χ0n) is 19.4. The van der Waals surface area contributed by atoms with Gasteiger partial charge in [0.1, 0.15) is 18.2 Å². The van der Waals surface area contributed by atoms with Crippen LogP contribution >= 0.6 is 0 Å². The largest absolute Gasteiger partial charge is 0.491 e. The minimum absolute atomic E-state index is 0.162. The third-order valence-electron chi connectivity index (χ3n) is 5.57. The van der Waals surface area contributed by atoms with Gasteiger partial charge in [0.2, 0.25) is 5.91 Å². The number of hydrogen-bond acceptors (Lipinski definition) is 3. The van der Waals surface area contributed by atoms with Crippen LogP contribution in [0.4, 0.5) is 0 Å². The highest BCUT2D eigenvalue weighted by atomic mass is 16.5. The van der Waals surface area contributed by atoms with Crippen LogP contribution in [0, 0.1) is 0 Å². The molecular formula is C29H29N3O2. The van der Waals surface area contributed by atoms with Crippen molar-refractivity contribution in [3.63, 3.8) is 0 Å². The molecule has 4 rings (SSSR count). The van der Waals surface area contributed by atoms with Crippen molar-refractivity contribution in [2.24, 2.45) is 0 Å². The average molecular weight is 452 g/mol. The van der Waals surface area contributed by atoms with Crippen LogP contribution in [-0.2, 0) is 17.8 Å². The SMILES string of the molecule is C=CCc1ccccc1OCCn1c(C(C)NC(=O)/C=C\c2ccccc2)nc2ccccc21. The Hall–Kier alpha value is -4.12. The summed E-state index contributed by atoms with van der Waals surface area (Å²) in [6.45, 7) is 6.87. The summed E-state index contributed by atoms with van der Waals surface area (Å²) >= 11 is 0. The fraction of sp³-hybridized carbons (Fsp3) is 0.172. The Bertz CT molecular complexity index is 1290. The van der Waals surface area contributed by atoms with E-state index in [1.807, 2.05) is 85.8 Å². The van der Waals surface area contributed by atoms with Crippen LogP contribution < -0.4 is 10.1 Å². The summed E-state index contributed by atoms with van der Waals surface area (Å²) in [4.78, 5) is 17.4. The molecule has 0 aliphatic rings. The Labute approximate surface area is 200 Å². The van der Waals surface area contributed by atoms with E-state index in [9.17, 15) is 4.79 Å². The monoisotopic (exact) mass is 451 g/mol. The van der Waals surface area contributed by atoms with Crippen LogP contribution in [0.1, 0.15) is 29.9 Å². The fourth-order valence-corrected chi connectivity index (χ4v) is 3.94. The molecule has 1 N–H and O–H groups in total. The summed E-state index contributed by atoms with van der Waals surface area (Å²) in [6.07, 6.45) is 5.99. The number of rotatable bonds is 10. The van der Waals surface area contributed by atoms with E-state index in [1.54, 1.807) is 12.2 Å². The lowest BCUT2D eigenvalue weighted by atomic mass is 10.1. The fourth-order valence-electron chi connectivity index (χ4n) is 3.94. The van der Waals surface area contributed by atoms with Crippen molar-refractivity contribution in [2.45, 2.75) is 25.9 Å². The molecule has 1 amide bonds. The normalized spacial score (nSPS) is 12.0. The van der Waals surface area contributed by atoms with E-state index in [0.717, 1.165) is 40.2 Å². The molecule has 0 spiro atoms. The number of ether oxygens (including phenoxy) is 1. The van der Waals surface area contributed by atoms with Gasteiger partial charge in [0.05, 0.1) is 23.6 Å². The average Bonchev–Trinajstić information content (AvgIpc) is 3.23. The number of nitrogens with one attached hydrogen (secondary N) is 1. The number of carbonyl (C=O) groups is 1. The standard InChI is InChI=1S/C29H29N3O2/c1-3-11-24-14-7-10-17-27(24)34-21-20-32-26-16-9-8-15-25(26)31-29(32)22(2)30-28(33)19-18-23-12-5-4-6-13-23/h3-10,12-19,22H,1,11,20-21H2,2H3,(H,30,33)/b19-18-. The number of fused-ring (bicyclic) bond motifs is 1. The van der Waals surface area contributed by atoms with E-state index in [4.69, 9.17) is 9.72 Å². The van der Waals surface area contributed by atoms with Gasteiger partial charge in [-0.2, -0.15) is 0 Å². The number of hydrogen-bond donors (Lipinski definition) is 1. The first-order valence-electron chi connectivity index (χ1n) is 11.5. The van der Waals surface area contributed by atoms with Gasteiger partial charge in [0, 0.05) is 6.08 Å². The highest BCUT2D eigenvalue weighted by Gasteiger charge is 2.18. The summed E-state index contributed by atoms with van der Waals surface area (Å²) in [7, 11) is 0. The maximum atomic E-state index is 12.6. The van der Waals surface area contributed by atoms with Crippen molar-refractivity contribution in [1.29, 1.82) is 0 Å². The number of allylic oxidation sites excluding steroid dienone is 1. The number of imidazole rings is 1. The van der Waals surface area contributed by atoms with Gasteiger partial charge in [-0.3, -0.25) is 4.79 Å². The lowest BCUT2D eigenvalue weighted by molar-refractivity contribution is -0.117. The highest BCUT2D eigenvalue weighted by molar-refractivity contribution is 5.92. The summed E-state index contributed by atoms with van der Waals surface area (Å²) in [5.74, 6) is 1.50. The van der Waals surface area contributed by atoms with Gasteiger partial charge in [0.25, 0.3) is 0 Å². The van der Waals surface area contributed by atoms with Crippen molar-refractivity contribution in [2.75, 3.05) is 6.61 Å². The maximum absolute atomic E-state index is 12.6. The first-order valence-corrected chi connectivity index (χ1v) is 11.5. The smallest absolute Gasteiger partial charge is 0.244 e. The van der Waals surface area contributed by atoms with Gasteiger partial charge in [-0.15, -0.1) is 6.58 Å². The number of amides is 1. The minimum Gasteiger partial charge on any atom is -0.491 e. The van der Waals surface area contributed by atoms with E-state index >= 15 is 0 Å². The molecule has 1 heterocycles. The van der Waals surface area contributed by atoms with Gasteiger partial charge in [-0.1, -0.05) is 66.7 Å². The third-order valence-corrected chi connectivity index (χ3v) is 5.57. The van der Waals surface area contributed by atoms with Crippen LogP contribution in [0.3, 0.4) is 0 Å². The second kappa shape index (κ2) is 11.1. The number of benzene rings is 3. The van der Waals surface area contributed by atoms with Gasteiger partial charge < -0.3 is 14.6 Å². The molecular weight excluding hydrogens is 422 g/mol. The van der Waals surface area contributed by atoms with E-state index < -0.39 is 0 Å². The van der Waals surface area contributed by atoms with Crippen LogP contribution in [0.5, 0.6) is 5.75 Å². The summed E-state index contributed by atoms with van der Waals surface area (Å²) in [5, 5.41) is 3.04. The number of carbonyl (C=O) groups excluding carboxylic acids is 1. The number of nitrogens with zero attached hydrogens (tertiary/aromatic N) is 2. The molecule has 5 heteroatoms. The van der Waals surface area contributed by atoms with E-state index in [-0.39, 0.29) is 11.9 Å². The molecule has 0 saturated carbocycles. The first kappa shape index (κ1) is 23.1. The van der Waals surface area contributed by atoms with Crippen molar-refractivity contribution in [3.05, 3.63) is 115 Å². The Kier molecular flexibility index (Phi) is 7.56. The number of aromatic nitrogens is 2. The Morgan fingerprint density at radius 1 is 1.06 bits per heavy atom. The molecule has 3 aromatic carbocycles. The lowest BCUT2D eigenvalue weighted by Gasteiger charge is -2.16. The molecule has 0 aliphatic heterocycles. The zero-order valence-corrected chi connectivity index (χ0v) is 19.4. The molecule has 172 valence electrons. The predicted octanol–water partition coefficient (Wildman–Crippen LogP) is 5.73. The number of para-hydroxylation sites is 3. The van der Waals surface area contributed by atoms with Crippen molar-refractivity contribution in [3.8, 4) is 5.75 Å². The van der Waals surface area contributed by atoms with Crippen LogP contribution in [0.25, 0.3) is 17.1 Å². The minimum atomic E-state index is -0.270. The Morgan fingerprint density at radius 2 is 1.79 bits per heavy atom. The molecule has 1 aromatic heterocycles.